The van der Waals surface area contributed by atoms with Crippen LogP contribution >= 0.6 is 0 Å². The van der Waals surface area contributed by atoms with Crippen LogP contribution in [0, 0.1) is 0 Å². The van der Waals surface area contributed by atoms with Crippen LogP contribution in [0.15, 0.2) is 0 Å². The highest BCUT2D eigenvalue weighted by atomic mass is 16.2. The molecule has 0 aliphatic carbocycles. The number of carbonyl (C=O) groups is 1. The Morgan fingerprint density at radius 1 is 1.10 bits per heavy atom. The first-order valence-electron chi connectivity index (χ1n) is 8.59. The van der Waals surface area contributed by atoms with E-state index >= 15 is 0 Å². The zero-order valence-electron chi connectivity index (χ0n) is 14.4. The predicted molar refractivity (Wildman–Crippen MR) is 88.6 cm³/mol. The number of likely N-dealkylation sites (N-methyl/N-ethyl adjacent to an activating group) is 1. The van der Waals surface area contributed by atoms with Gasteiger partial charge < -0.3 is 15.1 Å². The van der Waals surface area contributed by atoms with Crippen LogP contribution in [0.2, 0.25) is 0 Å². The summed E-state index contributed by atoms with van der Waals surface area (Å²) in [4.78, 5) is 19.4. The maximum Gasteiger partial charge on any atom is 0.239 e. The van der Waals surface area contributed by atoms with Crippen molar-refractivity contribution in [2.75, 3.05) is 58.9 Å². The van der Waals surface area contributed by atoms with Crippen molar-refractivity contribution in [3.8, 4) is 0 Å². The zero-order chi connectivity index (χ0) is 15.7. The highest BCUT2D eigenvalue weighted by Gasteiger charge is 2.25. The minimum atomic E-state index is 0.0144. The molecular weight excluding hydrogens is 264 g/mol. The van der Waals surface area contributed by atoms with Gasteiger partial charge in [0.1, 0.15) is 0 Å². The van der Waals surface area contributed by atoms with Crippen molar-refractivity contribution in [2.24, 2.45) is 0 Å². The molecule has 1 N–H and O–H groups in total. The van der Waals surface area contributed by atoms with E-state index in [1.165, 1.54) is 0 Å². The first-order chi connectivity index (χ1) is 10.1. The maximum absolute atomic E-state index is 12.6. The second kappa shape index (κ2) is 10.1. The summed E-state index contributed by atoms with van der Waals surface area (Å²) in [5, 5.41) is 3.34. The summed E-state index contributed by atoms with van der Waals surface area (Å²) in [5.41, 5.74) is 0. The monoisotopic (exact) mass is 298 g/mol. The summed E-state index contributed by atoms with van der Waals surface area (Å²) < 4.78 is 0. The van der Waals surface area contributed by atoms with Gasteiger partial charge in [-0.05, 0) is 39.9 Å². The van der Waals surface area contributed by atoms with Crippen LogP contribution < -0.4 is 5.32 Å². The van der Waals surface area contributed by atoms with Gasteiger partial charge in [-0.1, -0.05) is 13.8 Å². The minimum Gasteiger partial charge on any atom is -0.342 e. The average molecular weight is 298 g/mol. The van der Waals surface area contributed by atoms with Gasteiger partial charge in [-0.3, -0.25) is 9.69 Å². The van der Waals surface area contributed by atoms with E-state index in [-0.39, 0.29) is 6.04 Å². The average Bonchev–Trinajstić information content (AvgIpc) is 2.55. The lowest BCUT2D eigenvalue weighted by molar-refractivity contribution is -0.136. The molecule has 1 fully saturated rings. The smallest absolute Gasteiger partial charge is 0.239 e. The third-order valence-electron chi connectivity index (χ3n) is 4.55. The quantitative estimate of drug-likeness (QED) is 0.685. The number of nitrogens with zero attached hydrogens (tertiary/aromatic N) is 3. The molecule has 0 aromatic heterocycles. The highest BCUT2D eigenvalue weighted by Crippen LogP contribution is 2.06. The molecule has 1 rings (SSSR count). The van der Waals surface area contributed by atoms with Gasteiger partial charge in [0.2, 0.25) is 5.91 Å². The summed E-state index contributed by atoms with van der Waals surface area (Å²) in [7, 11) is 0. The Bertz CT molecular complexity index is 288. The Hall–Kier alpha value is -0.650. The second-order valence-electron chi connectivity index (χ2n) is 5.76. The van der Waals surface area contributed by atoms with Crippen molar-refractivity contribution in [1.29, 1.82) is 0 Å². The first-order valence-corrected chi connectivity index (χ1v) is 8.59. The fourth-order valence-electron chi connectivity index (χ4n) is 2.94. The largest absolute Gasteiger partial charge is 0.342 e. The molecule has 0 radical (unpaired) electrons. The van der Waals surface area contributed by atoms with Crippen molar-refractivity contribution >= 4 is 5.91 Å². The van der Waals surface area contributed by atoms with Crippen LogP contribution in [-0.2, 0) is 4.79 Å². The minimum absolute atomic E-state index is 0.0144. The second-order valence-corrected chi connectivity index (χ2v) is 5.76. The lowest BCUT2D eigenvalue weighted by atomic mass is 10.2. The van der Waals surface area contributed by atoms with Crippen LogP contribution in [0.5, 0.6) is 0 Å². The van der Waals surface area contributed by atoms with Crippen LogP contribution in [0.1, 0.15) is 34.1 Å². The Kier molecular flexibility index (Phi) is 8.88. The summed E-state index contributed by atoms with van der Waals surface area (Å²) in [5.74, 6) is 0.291. The predicted octanol–water partition coefficient (Wildman–Crippen LogP) is 0.861. The van der Waals surface area contributed by atoms with Crippen molar-refractivity contribution < 1.29 is 4.79 Å². The fraction of sp³-hybridized carbons (Fsp3) is 0.938. The van der Waals surface area contributed by atoms with E-state index in [1.54, 1.807) is 0 Å². The molecule has 1 atom stereocenters. The molecule has 0 spiro atoms. The summed E-state index contributed by atoms with van der Waals surface area (Å²) in [6, 6.07) is 0.0144. The van der Waals surface area contributed by atoms with Gasteiger partial charge in [0, 0.05) is 39.3 Å². The number of hydrogen-bond donors (Lipinski definition) is 1. The van der Waals surface area contributed by atoms with Crippen LogP contribution in [-0.4, -0.2) is 85.6 Å². The lowest BCUT2D eigenvalue weighted by Crippen LogP contribution is -2.53. The van der Waals surface area contributed by atoms with E-state index in [4.69, 9.17) is 0 Å². The van der Waals surface area contributed by atoms with Crippen molar-refractivity contribution in [2.45, 2.75) is 40.2 Å². The standard InChI is InChI=1S/C16H34N4O/c1-5-18(6-2)11-8-12-19(7-3)16(21)15(4)20-13-9-17-10-14-20/h15,17H,5-14H2,1-4H3. The SMILES string of the molecule is CCN(CC)CCCN(CC)C(=O)C(C)N1CCNCC1. The number of hydrogen-bond acceptors (Lipinski definition) is 4. The molecule has 124 valence electrons. The number of piperazine rings is 1. The summed E-state index contributed by atoms with van der Waals surface area (Å²) in [6.45, 7) is 17.4. The fourth-order valence-corrected chi connectivity index (χ4v) is 2.94. The number of nitrogens with one attached hydrogen (secondary N) is 1. The molecule has 1 saturated heterocycles. The van der Waals surface area contributed by atoms with Crippen molar-refractivity contribution in [1.82, 2.24) is 20.0 Å². The molecule has 0 saturated carbocycles. The third kappa shape index (κ3) is 5.93. The Morgan fingerprint density at radius 3 is 2.24 bits per heavy atom. The molecular formula is C16H34N4O. The van der Waals surface area contributed by atoms with Gasteiger partial charge in [0.15, 0.2) is 0 Å². The topological polar surface area (TPSA) is 38.8 Å². The van der Waals surface area contributed by atoms with Gasteiger partial charge in [-0.2, -0.15) is 0 Å². The number of amides is 1. The van der Waals surface area contributed by atoms with Gasteiger partial charge >= 0.3 is 0 Å². The van der Waals surface area contributed by atoms with E-state index in [0.717, 1.165) is 65.3 Å². The Balaban J connectivity index is 2.40. The van der Waals surface area contributed by atoms with Gasteiger partial charge in [0.05, 0.1) is 6.04 Å². The molecule has 0 bridgehead atoms. The van der Waals surface area contributed by atoms with Gasteiger partial charge in [-0.15, -0.1) is 0 Å². The number of rotatable bonds is 9. The molecule has 1 aliphatic rings. The highest BCUT2D eigenvalue weighted by molar-refractivity contribution is 5.81. The molecule has 1 amide bonds. The molecule has 5 heteroatoms. The van der Waals surface area contributed by atoms with Crippen LogP contribution in [0.4, 0.5) is 0 Å². The third-order valence-corrected chi connectivity index (χ3v) is 4.55. The first kappa shape index (κ1) is 18.4. The zero-order valence-corrected chi connectivity index (χ0v) is 14.4. The number of carbonyl (C=O) groups excluding carboxylic acids is 1. The molecule has 1 unspecified atom stereocenters. The summed E-state index contributed by atoms with van der Waals surface area (Å²) >= 11 is 0. The van der Waals surface area contributed by atoms with E-state index in [9.17, 15) is 4.79 Å². The van der Waals surface area contributed by atoms with Crippen molar-refractivity contribution in [3.05, 3.63) is 0 Å². The lowest BCUT2D eigenvalue weighted by Gasteiger charge is -2.35. The Morgan fingerprint density at radius 2 is 1.71 bits per heavy atom. The van der Waals surface area contributed by atoms with E-state index in [0.29, 0.717) is 5.91 Å². The molecule has 1 heterocycles. The normalized spacial score (nSPS) is 18.0. The molecule has 21 heavy (non-hydrogen) atoms. The van der Waals surface area contributed by atoms with Gasteiger partial charge in [0.25, 0.3) is 0 Å². The Labute approximate surface area is 130 Å². The molecule has 5 nitrogen and oxygen atoms in total. The van der Waals surface area contributed by atoms with E-state index < -0.39 is 0 Å². The maximum atomic E-state index is 12.6. The molecule has 1 aliphatic heterocycles. The summed E-state index contributed by atoms with van der Waals surface area (Å²) in [6.07, 6.45) is 1.07. The van der Waals surface area contributed by atoms with Crippen LogP contribution in [0.25, 0.3) is 0 Å². The molecule has 0 aromatic carbocycles. The van der Waals surface area contributed by atoms with E-state index in [1.807, 2.05) is 4.90 Å². The molecule has 0 aromatic rings. The van der Waals surface area contributed by atoms with E-state index in [2.05, 4.69) is 42.8 Å². The van der Waals surface area contributed by atoms with Crippen molar-refractivity contribution in [3.63, 3.8) is 0 Å². The van der Waals surface area contributed by atoms with Crippen LogP contribution in [0.3, 0.4) is 0 Å². The van der Waals surface area contributed by atoms with Gasteiger partial charge in [-0.25, -0.2) is 0 Å².